The molecule has 0 saturated carbocycles. The van der Waals surface area contributed by atoms with E-state index in [1.54, 1.807) is 0 Å². The summed E-state index contributed by atoms with van der Waals surface area (Å²) in [6, 6.07) is 0. The Morgan fingerprint density at radius 1 is 1.21 bits per heavy atom. The molecule has 4 nitrogen and oxygen atoms in total. The van der Waals surface area contributed by atoms with Crippen molar-refractivity contribution in [2.75, 3.05) is 26.3 Å². The van der Waals surface area contributed by atoms with E-state index < -0.39 is 7.75 Å². The Bertz CT molecular complexity index is 199. The van der Waals surface area contributed by atoms with Crippen LogP contribution in [-0.2, 0) is 13.6 Å². The van der Waals surface area contributed by atoms with E-state index in [2.05, 4.69) is 0 Å². The quantitative estimate of drug-likeness (QED) is 0.572. The standard InChI is InChI=1S/C8H18NO3PSe/c1-3-11-13(10,12-4-2)9-5-7-14-8-6-9/h3-8H2,1-2H3. The average Bonchev–Trinajstić information content (AvgIpc) is 2.20. The fourth-order valence-electron chi connectivity index (χ4n) is 1.33. The third kappa shape index (κ3) is 3.34. The van der Waals surface area contributed by atoms with Crippen molar-refractivity contribution in [1.82, 2.24) is 4.67 Å². The molecule has 0 aromatic rings. The molecule has 0 N–H and O–H groups in total. The number of rotatable bonds is 5. The zero-order valence-electron chi connectivity index (χ0n) is 8.77. The second-order valence-corrected chi connectivity index (χ2v) is 7.46. The molecule has 6 heteroatoms. The van der Waals surface area contributed by atoms with Gasteiger partial charge in [0.2, 0.25) is 0 Å². The van der Waals surface area contributed by atoms with Crippen LogP contribution < -0.4 is 0 Å². The van der Waals surface area contributed by atoms with Crippen molar-refractivity contribution in [1.29, 1.82) is 0 Å². The van der Waals surface area contributed by atoms with Gasteiger partial charge in [-0.15, -0.1) is 0 Å². The summed E-state index contributed by atoms with van der Waals surface area (Å²) in [7, 11) is -2.95. The molecule has 1 aliphatic rings. The Morgan fingerprint density at radius 2 is 1.71 bits per heavy atom. The van der Waals surface area contributed by atoms with Gasteiger partial charge < -0.3 is 0 Å². The summed E-state index contributed by atoms with van der Waals surface area (Å²) in [6.45, 7) is 6.30. The van der Waals surface area contributed by atoms with Gasteiger partial charge in [0.25, 0.3) is 0 Å². The minimum atomic E-state index is -2.95. The topological polar surface area (TPSA) is 38.8 Å². The molecule has 0 aromatic heterocycles. The first kappa shape index (κ1) is 12.7. The fraction of sp³-hybridized carbons (Fsp3) is 1.00. The first-order valence-corrected chi connectivity index (χ1v) is 8.87. The Hall–Kier alpha value is 0.629. The predicted octanol–water partition coefficient (Wildman–Crippen LogP) is 2.02. The van der Waals surface area contributed by atoms with Crippen LogP contribution in [0.5, 0.6) is 0 Å². The second-order valence-electron chi connectivity index (χ2n) is 2.87. The van der Waals surface area contributed by atoms with Crippen molar-refractivity contribution >= 4 is 22.7 Å². The van der Waals surface area contributed by atoms with E-state index in [1.807, 2.05) is 18.5 Å². The molecule has 0 atom stereocenters. The van der Waals surface area contributed by atoms with E-state index >= 15 is 0 Å². The van der Waals surface area contributed by atoms with E-state index in [4.69, 9.17) is 9.05 Å². The van der Waals surface area contributed by atoms with Gasteiger partial charge in [-0.3, -0.25) is 0 Å². The normalized spacial score (nSPS) is 19.9. The van der Waals surface area contributed by atoms with Crippen LogP contribution in [0.25, 0.3) is 0 Å². The zero-order chi connectivity index (χ0) is 10.4. The van der Waals surface area contributed by atoms with Crippen LogP contribution in [0.15, 0.2) is 0 Å². The summed E-state index contributed by atoms with van der Waals surface area (Å²) in [5, 5.41) is 2.30. The van der Waals surface area contributed by atoms with Gasteiger partial charge in [0.1, 0.15) is 0 Å². The third-order valence-electron chi connectivity index (χ3n) is 1.92. The molecular formula is C8H18NO3PSe. The molecule has 1 heterocycles. The molecular weight excluding hydrogens is 268 g/mol. The van der Waals surface area contributed by atoms with Gasteiger partial charge in [0.15, 0.2) is 0 Å². The molecule has 1 saturated heterocycles. The van der Waals surface area contributed by atoms with Crippen LogP contribution in [-0.4, -0.2) is 45.9 Å². The molecule has 0 radical (unpaired) electrons. The number of hydrogen-bond donors (Lipinski definition) is 0. The molecule has 0 bridgehead atoms. The van der Waals surface area contributed by atoms with E-state index in [0.29, 0.717) is 13.2 Å². The van der Waals surface area contributed by atoms with Crippen molar-refractivity contribution in [3.63, 3.8) is 0 Å². The summed E-state index contributed by atoms with van der Waals surface area (Å²) in [6.07, 6.45) is 0. The van der Waals surface area contributed by atoms with Crippen molar-refractivity contribution in [3.05, 3.63) is 0 Å². The Morgan fingerprint density at radius 3 is 2.14 bits per heavy atom. The van der Waals surface area contributed by atoms with Crippen LogP contribution in [0, 0.1) is 0 Å². The van der Waals surface area contributed by atoms with Crippen molar-refractivity contribution in [2.45, 2.75) is 24.5 Å². The Balaban J connectivity index is 2.59. The summed E-state index contributed by atoms with van der Waals surface area (Å²) >= 11 is 0.722. The van der Waals surface area contributed by atoms with E-state index in [1.165, 1.54) is 0 Å². The Kier molecular flexibility index (Phi) is 5.68. The first-order valence-electron chi connectivity index (χ1n) is 4.95. The van der Waals surface area contributed by atoms with E-state index in [9.17, 15) is 4.57 Å². The van der Waals surface area contributed by atoms with Crippen LogP contribution >= 0.6 is 7.75 Å². The summed E-state index contributed by atoms with van der Waals surface area (Å²) in [5.74, 6) is 0. The molecule has 0 unspecified atom stereocenters. The molecule has 1 aliphatic heterocycles. The third-order valence-corrected chi connectivity index (χ3v) is 6.16. The molecule has 0 aromatic carbocycles. The SMILES string of the molecule is CCOP(=O)(OCC)N1CC[Se]CC1. The molecule has 0 spiro atoms. The summed E-state index contributed by atoms with van der Waals surface area (Å²) < 4.78 is 24.7. The molecule has 14 heavy (non-hydrogen) atoms. The molecule has 84 valence electrons. The predicted molar refractivity (Wildman–Crippen MR) is 57.8 cm³/mol. The fourth-order valence-corrected chi connectivity index (χ4v) is 5.57. The molecule has 1 rings (SSSR count). The maximum absolute atomic E-state index is 12.3. The van der Waals surface area contributed by atoms with Gasteiger partial charge in [0.05, 0.1) is 0 Å². The van der Waals surface area contributed by atoms with Gasteiger partial charge in [0, 0.05) is 0 Å². The molecule has 1 fully saturated rings. The van der Waals surface area contributed by atoms with Crippen molar-refractivity contribution < 1.29 is 13.6 Å². The zero-order valence-corrected chi connectivity index (χ0v) is 11.4. The van der Waals surface area contributed by atoms with Crippen LogP contribution in [0.3, 0.4) is 0 Å². The Labute approximate surface area is 92.1 Å². The van der Waals surface area contributed by atoms with Gasteiger partial charge in [-0.1, -0.05) is 0 Å². The minimum absolute atomic E-state index is 0.443. The van der Waals surface area contributed by atoms with Gasteiger partial charge >= 0.3 is 91.8 Å². The van der Waals surface area contributed by atoms with Crippen LogP contribution in [0.1, 0.15) is 13.8 Å². The second kappa shape index (κ2) is 6.26. The first-order chi connectivity index (χ1) is 6.73. The van der Waals surface area contributed by atoms with Crippen LogP contribution in [0.2, 0.25) is 10.6 Å². The van der Waals surface area contributed by atoms with Crippen molar-refractivity contribution in [2.24, 2.45) is 0 Å². The van der Waals surface area contributed by atoms with Crippen LogP contribution in [0.4, 0.5) is 0 Å². The monoisotopic (exact) mass is 287 g/mol. The number of hydrogen-bond acceptors (Lipinski definition) is 3. The summed E-state index contributed by atoms with van der Waals surface area (Å²) in [4.78, 5) is 0. The summed E-state index contributed by atoms with van der Waals surface area (Å²) in [5.41, 5.74) is 0. The van der Waals surface area contributed by atoms with E-state index in [-0.39, 0.29) is 0 Å². The average molecular weight is 286 g/mol. The molecule has 0 amide bonds. The van der Waals surface area contributed by atoms with Gasteiger partial charge in [-0.2, -0.15) is 0 Å². The van der Waals surface area contributed by atoms with Crippen molar-refractivity contribution in [3.8, 4) is 0 Å². The van der Waals surface area contributed by atoms with Gasteiger partial charge in [-0.25, -0.2) is 0 Å². The molecule has 0 aliphatic carbocycles. The number of nitrogens with zero attached hydrogens (tertiary/aromatic N) is 1. The van der Waals surface area contributed by atoms with E-state index in [0.717, 1.165) is 38.7 Å². The van der Waals surface area contributed by atoms with Gasteiger partial charge in [-0.05, 0) is 0 Å². The maximum atomic E-state index is 12.3.